The lowest BCUT2D eigenvalue weighted by molar-refractivity contribution is -0.0419. The van der Waals surface area contributed by atoms with Crippen molar-refractivity contribution in [3.63, 3.8) is 0 Å². The van der Waals surface area contributed by atoms with Gasteiger partial charge in [-0.25, -0.2) is 0 Å². The van der Waals surface area contributed by atoms with E-state index >= 15 is 0 Å². The molecule has 0 amide bonds. The summed E-state index contributed by atoms with van der Waals surface area (Å²) in [7, 11) is 0. The van der Waals surface area contributed by atoms with Gasteiger partial charge in [0.15, 0.2) is 0 Å². The average Bonchev–Trinajstić information content (AvgIpc) is 3.01. The number of piperidine rings is 1. The van der Waals surface area contributed by atoms with E-state index in [-0.39, 0.29) is 0 Å². The third-order valence-electron chi connectivity index (χ3n) is 7.49. The lowest BCUT2D eigenvalue weighted by Gasteiger charge is -2.55. The molecule has 4 aliphatic rings. The molecule has 3 heterocycles. The summed E-state index contributed by atoms with van der Waals surface area (Å²) in [5.41, 5.74) is 0.729. The lowest BCUT2D eigenvalue weighted by Crippen LogP contribution is -2.55. The largest absolute Gasteiger partial charge is 0.314 e. The molecule has 1 saturated carbocycles. The lowest BCUT2D eigenvalue weighted by atomic mass is 9.60. The van der Waals surface area contributed by atoms with E-state index < -0.39 is 0 Å². The summed E-state index contributed by atoms with van der Waals surface area (Å²) in [5.74, 6) is 0.933. The van der Waals surface area contributed by atoms with Crippen LogP contribution in [0.25, 0.3) is 0 Å². The van der Waals surface area contributed by atoms with E-state index in [4.69, 9.17) is 0 Å². The summed E-state index contributed by atoms with van der Waals surface area (Å²) >= 11 is 0. The average molecular weight is 335 g/mol. The molecule has 4 nitrogen and oxygen atoms in total. The standard InChI is InChI=1S/C20H38N4/c1-17(2)23-9-4-20(5-10-23)13-19(14-20)24-8-3-18(16-24)15-22-11-6-21-7-12-22/h17-19,21H,3-16H2,1-2H3. The Labute approximate surface area is 148 Å². The van der Waals surface area contributed by atoms with E-state index in [1.807, 2.05) is 0 Å². The fraction of sp³-hybridized carbons (Fsp3) is 1.00. The van der Waals surface area contributed by atoms with E-state index in [0.29, 0.717) is 0 Å². The second-order valence-corrected chi connectivity index (χ2v) is 9.39. The molecule has 138 valence electrons. The predicted molar refractivity (Wildman–Crippen MR) is 100 cm³/mol. The Morgan fingerprint density at radius 3 is 2.38 bits per heavy atom. The second kappa shape index (κ2) is 7.22. The molecule has 0 aromatic rings. The Morgan fingerprint density at radius 1 is 1.00 bits per heavy atom. The number of rotatable bonds is 4. The summed E-state index contributed by atoms with van der Waals surface area (Å²) in [5, 5.41) is 3.47. The molecule has 4 rings (SSSR count). The summed E-state index contributed by atoms with van der Waals surface area (Å²) in [6, 6.07) is 1.66. The van der Waals surface area contributed by atoms with E-state index in [2.05, 4.69) is 33.9 Å². The first kappa shape index (κ1) is 17.3. The molecule has 1 atom stereocenters. The second-order valence-electron chi connectivity index (χ2n) is 9.39. The van der Waals surface area contributed by atoms with E-state index in [1.54, 1.807) is 0 Å². The molecule has 4 fully saturated rings. The predicted octanol–water partition coefficient (Wildman–Crippen LogP) is 1.87. The third-order valence-corrected chi connectivity index (χ3v) is 7.49. The molecule has 0 aromatic carbocycles. The van der Waals surface area contributed by atoms with Crippen molar-refractivity contribution in [3.05, 3.63) is 0 Å². The van der Waals surface area contributed by atoms with Crippen LogP contribution in [-0.4, -0.2) is 85.7 Å². The zero-order valence-electron chi connectivity index (χ0n) is 16.0. The van der Waals surface area contributed by atoms with Crippen molar-refractivity contribution in [2.75, 3.05) is 58.9 Å². The van der Waals surface area contributed by atoms with Crippen molar-refractivity contribution < 1.29 is 0 Å². The van der Waals surface area contributed by atoms with Crippen LogP contribution in [0.15, 0.2) is 0 Å². The van der Waals surface area contributed by atoms with Crippen LogP contribution in [0.5, 0.6) is 0 Å². The fourth-order valence-electron chi connectivity index (χ4n) is 5.72. The monoisotopic (exact) mass is 334 g/mol. The van der Waals surface area contributed by atoms with Gasteiger partial charge in [-0.1, -0.05) is 0 Å². The first-order valence-corrected chi connectivity index (χ1v) is 10.5. The number of piperazine rings is 1. The molecule has 0 bridgehead atoms. The molecule has 24 heavy (non-hydrogen) atoms. The Kier molecular flexibility index (Phi) is 5.19. The molecule has 1 N–H and O–H groups in total. The van der Waals surface area contributed by atoms with Gasteiger partial charge < -0.3 is 20.0 Å². The van der Waals surface area contributed by atoms with Crippen molar-refractivity contribution in [2.24, 2.45) is 11.3 Å². The van der Waals surface area contributed by atoms with Crippen molar-refractivity contribution in [3.8, 4) is 0 Å². The Hall–Kier alpha value is -0.160. The maximum absolute atomic E-state index is 3.47. The van der Waals surface area contributed by atoms with E-state index in [0.717, 1.165) is 23.4 Å². The van der Waals surface area contributed by atoms with Gasteiger partial charge >= 0.3 is 0 Å². The van der Waals surface area contributed by atoms with Gasteiger partial charge in [0.05, 0.1) is 0 Å². The quantitative estimate of drug-likeness (QED) is 0.847. The normalized spacial score (nSPS) is 33.4. The first-order valence-electron chi connectivity index (χ1n) is 10.5. The molecule has 1 unspecified atom stereocenters. The Bertz CT molecular complexity index is 402. The third kappa shape index (κ3) is 3.67. The smallest absolute Gasteiger partial charge is 0.0107 e. The van der Waals surface area contributed by atoms with Crippen LogP contribution in [0, 0.1) is 11.3 Å². The minimum atomic E-state index is 0.729. The van der Waals surface area contributed by atoms with Gasteiger partial charge in [-0.3, -0.25) is 0 Å². The van der Waals surface area contributed by atoms with Crippen LogP contribution in [0.1, 0.15) is 46.0 Å². The van der Waals surface area contributed by atoms with Crippen molar-refractivity contribution in [1.82, 2.24) is 20.0 Å². The minimum Gasteiger partial charge on any atom is -0.314 e. The summed E-state index contributed by atoms with van der Waals surface area (Å²) in [6.45, 7) is 16.4. The molecule has 1 spiro atoms. The highest BCUT2D eigenvalue weighted by Gasteiger charge is 2.48. The molecule has 3 saturated heterocycles. The first-order chi connectivity index (χ1) is 11.6. The molecule has 1 aliphatic carbocycles. The van der Waals surface area contributed by atoms with Crippen LogP contribution in [0.4, 0.5) is 0 Å². The van der Waals surface area contributed by atoms with Crippen LogP contribution in [0.3, 0.4) is 0 Å². The highest BCUT2D eigenvalue weighted by molar-refractivity contribution is 5.02. The van der Waals surface area contributed by atoms with E-state index in [1.165, 1.54) is 91.0 Å². The van der Waals surface area contributed by atoms with E-state index in [9.17, 15) is 0 Å². The van der Waals surface area contributed by atoms with Crippen molar-refractivity contribution >= 4 is 0 Å². The summed E-state index contributed by atoms with van der Waals surface area (Å²) in [4.78, 5) is 8.22. The Balaban J connectivity index is 1.19. The topological polar surface area (TPSA) is 21.8 Å². The van der Waals surface area contributed by atoms with Crippen LogP contribution in [0.2, 0.25) is 0 Å². The van der Waals surface area contributed by atoms with Crippen molar-refractivity contribution in [1.29, 1.82) is 0 Å². The number of hydrogen-bond acceptors (Lipinski definition) is 4. The number of hydrogen-bond donors (Lipinski definition) is 1. The van der Waals surface area contributed by atoms with Gasteiger partial charge in [0, 0.05) is 51.4 Å². The highest BCUT2D eigenvalue weighted by Crippen LogP contribution is 2.51. The SMILES string of the molecule is CC(C)N1CCC2(CC1)CC(N1CCC(CN3CCNCC3)C1)C2. The zero-order valence-corrected chi connectivity index (χ0v) is 16.0. The van der Waals surface area contributed by atoms with Crippen LogP contribution in [-0.2, 0) is 0 Å². The summed E-state index contributed by atoms with van der Waals surface area (Å²) < 4.78 is 0. The Morgan fingerprint density at radius 2 is 1.71 bits per heavy atom. The molecular formula is C20H38N4. The van der Waals surface area contributed by atoms with Crippen LogP contribution >= 0.6 is 0 Å². The summed E-state index contributed by atoms with van der Waals surface area (Å²) in [6.07, 6.45) is 7.35. The van der Waals surface area contributed by atoms with Gasteiger partial charge in [-0.15, -0.1) is 0 Å². The van der Waals surface area contributed by atoms with Gasteiger partial charge in [0.2, 0.25) is 0 Å². The zero-order chi connectivity index (χ0) is 16.6. The number of nitrogens with one attached hydrogen (secondary N) is 1. The minimum absolute atomic E-state index is 0.729. The van der Waals surface area contributed by atoms with Crippen LogP contribution < -0.4 is 5.32 Å². The molecule has 4 heteroatoms. The molecule has 3 aliphatic heterocycles. The molecule has 0 aromatic heterocycles. The number of nitrogens with zero attached hydrogens (tertiary/aromatic N) is 3. The van der Waals surface area contributed by atoms with Crippen molar-refractivity contribution in [2.45, 2.75) is 58.0 Å². The molecular weight excluding hydrogens is 296 g/mol. The maximum Gasteiger partial charge on any atom is 0.0107 e. The fourth-order valence-corrected chi connectivity index (χ4v) is 5.72. The maximum atomic E-state index is 3.47. The van der Waals surface area contributed by atoms with Gasteiger partial charge in [-0.2, -0.15) is 0 Å². The molecule has 0 radical (unpaired) electrons. The number of likely N-dealkylation sites (tertiary alicyclic amines) is 2. The highest BCUT2D eigenvalue weighted by atomic mass is 15.2. The van der Waals surface area contributed by atoms with Gasteiger partial charge in [0.25, 0.3) is 0 Å². The van der Waals surface area contributed by atoms with Gasteiger partial charge in [-0.05, 0) is 76.9 Å². The van der Waals surface area contributed by atoms with Gasteiger partial charge in [0.1, 0.15) is 0 Å².